The minimum absolute atomic E-state index is 0.143. The van der Waals surface area contributed by atoms with E-state index in [1.165, 1.54) is 24.8 Å². The molecule has 6 atom stereocenters. The number of allylic oxidation sites excluding steroid dienone is 2. The van der Waals surface area contributed by atoms with Crippen LogP contribution in [0.4, 0.5) is 0 Å². The Hall–Kier alpha value is -0.780. The number of carbonyl (C=O) groups is 1. The van der Waals surface area contributed by atoms with Gasteiger partial charge in [0.25, 0.3) is 0 Å². The minimum atomic E-state index is -0.415. The summed E-state index contributed by atoms with van der Waals surface area (Å²) >= 11 is 1.74. The third-order valence-corrected chi connectivity index (χ3v) is 8.34. The van der Waals surface area contributed by atoms with Crippen molar-refractivity contribution >= 4 is 17.7 Å². The molecule has 0 unspecified atom stereocenters. The number of unbranched alkanes of at least 4 members (excludes halogenated alkanes) is 1. The molecule has 2 N–H and O–H groups in total. The Bertz CT molecular complexity index is 652. The number of hydrogen-bond acceptors (Lipinski definition) is 4. The fraction of sp³-hybridized carbons (Fsp3) is 0.821. The fourth-order valence-electron chi connectivity index (χ4n) is 5.82. The molecule has 190 valence electrons. The highest BCUT2D eigenvalue weighted by Gasteiger charge is 2.43. The maximum Gasteiger partial charge on any atom is 0.233 e. The summed E-state index contributed by atoms with van der Waals surface area (Å²) in [5.74, 6) is 3.34. The highest BCUT2D eigenvalue weighted by atomic mass is 32.2. The molecule has 0 radical (unpaired) electrons. The molecule has 1 fully saturated rings. The van der Waals surface area contributed by atoms with Crippen LogP contribution in [-0.4, -0.2) is 56.8 Å². The molecular weight excluding hydrogens is 430 g/mol. The van der Waals surface area contributed by atoms with Gasteiger partial charge in [-0.3, -0.25) is 4.79 Å². The van der Waals surface area contributed by atoms with Gasteiger partial charge in [0.2, 0.25) is 5.91 Å². The Morgan fingerprint density at radius 3 is 2.58 bits per heavy atom. The zero-order valence-electron chi connectivity index (χ0n) is 21.9. The molecule has 1 saturated carbocycles. The molecule has 2 rings (SSSR count). The van der Waals surface area contributed by atoms with Gasteiger partial charge in [0.15, 0.2) is 0 Å². The van der Waals surface area contributed by atoms with E-state index >= 15 is 0 Å². The molecule has 0 spiro atoms. The molecule has 0 saturated heterocycles. The van der Waals surface area contributed by atoms with E-state index in [0.29, 0.717) is 23.5 Å². The van der Waals surface area contributed by atoms with Gasteiger partial charge in [-0.05, 0) is 76.9 Å². The van der Waals surface area contributed by atoms with Gasteiger partial charge in [-0.2, -0.15) is 11.8 Å². The minimum Gasteiger partial charge on any atom is -0.392 e. The van der Waals surface area contributed by atoms with Gasteiger partial charge in [0.1, 0.15) is 0 Å². The molecule has 1 amide bonds. The number of aliphatic hydroxyl groups is 2. The molecule has 0 aromatic carbocycles. The van der Waals surface area contributed by atoms with E-state index in [1.807, 2.05) is 11.0 Å². The van der Waals surface area contributed by atoms with Crippen LogP contribution in [0.5, 0.6) is 0 Å². The van der Waals surface area contributed by atoms with Crippen molar-refractivity contribution in [1.82, 2.24) is 4.90 Å². The van der Waals surface area contributed by atoms with Crippen molar-refractivity contribution in [3.8, 4) is 0 Å². The largest absolute Gasteiger partial charge is 0.392 e. The summed E-state index contributed by atoms with van der Waals surface area (Å²) < 4.78 is 0. The number of aliphatic hydroxyl groups excluding tert-OH is 2. The molecule has 0 aromatic rings. The third kappa shape index (κ3) is 8.74. The molecule has 0 aliphatic heterocycles. The zero-order valence-corrected chi connectivity index (χ0v) is 22.7. The molecule has 0 heterocycles. The van der Waals surface area contributed by atoms with Crippen LogP contribution in [0.3, 0.4) is 0 Å². The first-order chi connectivity index (χ1) is 15.6. The van der Waals surface area contributed by atoms with E-state index in [2.05, 4.69) is 53.7 Å². The van der Waals surface area contributed by atoms with E-state index in [1.54, 1.807) is 11.8 Å². The summed E-state index contributed by atoms with van der Waals surface area (Å²) in [5.41, 5.74) is 1.48. The smallest absolute Gasteiger partial charge is 0.233 e. The lowest BCUT2D eigenvalue weighted by Gasteiger charge is -2.30. The summed E-state index contributed by atoms with van der Waals surface area (Å²) in [7, 11) is 0. The molecule has 2 aliphatic rings. The van der Waals surface area contributed by atoms with Gasteiger partial charge in [0.05, 0.1) is 18.0 Å². The topological polar surface area (TPSA) is 60.8 Å². The lowest BCUT2D eigenvalue weighted by molar-refractivity contribution is -0.131. The van der Waals surface area contributed by atoms with Gasteiger partial charge in [-0.15, -0.1) is 0 Å². The number of hydrogen-bond donors (Lipinski definition) is 2. The Kier molecular flexibility index (Phi) is 12.0. The normalized spacial score (nSPS) is 26.8. The van der Waals surface area contributed by atoms with Crippen LogP contribution in [0.25, 0.3) is 0 Å². The first kappa shape index (κ1) is 28.5. The van der Waals surface area contributed by atoms with Gasteiger partial charge in [-0.25, -0.2) is 0 Å². The van der Waals surface area contributed by atoms with Crippen molar-refractivity contribution in [2.45, 2.75) is 111 Å². The second-order valence-corrected chi connectivity index (χ2v) is 12.1. The van der Waals surface area contributed by atoms with Gasteiger partial charge < -0.3 is 15.1 Å². The van der Waals surface area contributed by atoms with Crippen LogP contribution in [0, 0.1) is 23.7 Å². The first-order valence-electron chi connectivity index (χ1n) is 13.3. The Morgan fingerprint density at radius 2 is 1.94 bits per heavy atom. The highest BCUT2D eigenvalue weighted by molar-refractivity contribution is 7.99. The summed E-state index contributed by atoms with van der Waals surface area (Å²) in [6.07, 6.45) is 13.0. The van der Waals surface area contributed by atoms with Crippen molar-refractivity contribution in [3.63, 3.8) is 0 Å². The molecule has 4 nitrogen and oxygen atoms in total. The second-order valence-electron chi connectivity index (χ2n) is 11.0. The summed E-state index contributed by atoms with van der Waals surface area (Å²) in [5, 5.41) is 21.0. The average Bonchev–Trinajstić information content (AvgIpc) is 3.23. The lowest BCUT2D eigenvalue weighted by atomic mass is 9.88. The van der Waals surface area contributed by atoms with Crippen LogP contribution >= 0.6 is 11.8 Å². The number of fused-ring (bicyclic) bond motifs is 1. The lowest BCUT2D eigenvalue weighted by Crippen LogP contribution is -2.43. The van der Waals surface area contributed by atoms with Crippen LogP contribution < -0.4 is 0 Å². The molecule has 0 aromatic heterocycles. The SMILES string of the molecule is CCCC[C@H](C)C[C@H](O)/C=C/[C@@H]1[C@H]2CC(CCSCC(=O)N(C(C)C)C(C)C)=C[C@H]2C[C@H]1O. The zero-order chi connectivity index (χ0) is 24.5. The third-order valence-electron chi connectivity index (χ3n) is 7.39. The summed E-state index contributed by atoms with van der Waals surface area (Å²) in [6.45, 7) is 12.7. The monoisotopic (exact) mass is 479 g/mol. The van der Waals surface area contributed by atoms with Crippen molar-refractivity contribution in [3.05, 3.63) is 23.8 Å². The van der Waals surface area contributed by atoms with E-state index in [9.17, 15) is 15.0 Å². The van der Waals surface area contributed by atoms with E-state index in [0.717, 1.165) is 31.4 Å². The van der Waals surface area contributed by atoms with E-state index in [-0.39, 0.29) is 30.0 Å². The van der Waals surface area contributed by atoms with E-state index in [4.69, 9.17) is 0 Å². The average molecular weight is 480 g/mol. The van der Waals surface area contributed by atoms with Crippen LogP contribution in [0.2, 0.25) is 0 Å². The Labute approximate surface area is 207 Å². The van der Waals surface area contributed by atoms with Crippen LogP contribution in [-0.2, 0) is 4.79 Å². The molecule has 0 bridgehead atoms. The molecular formula is C28H49NO3S. The first-order valence-corrected chi connectivity index (χ1v) is 14.4. The molecule has 2 aliphatic carbocycles. The van der Waals surface area contributed by atoms with Gasteiger partial charge in [0, 0.05) is 18.0 Å². The molecule has 5 heteroatoms. The van der Waals surface area contributed by atoms with Gasteiger partial charge in [-0.1, -0.05) is 56.9 Å². The van der Waals surface area contributed by atoms with Gasteiger partial charge >= 0.3 is 0 Å². The van der Waals surface area contributed by atoms with Crippen molar-refractivity contribution in [2.75, 3.05) is 11.5 Å². The van der Waals surface area contributed by atoms with Crippen molar-refractivity contribution in [2.24, 2.45) is 23.7 Å². The maximum atomic E-state index is 12.5. The second kappa shape index (κ2) is 13.9. The summed E-state index contributed by atoms with van der Waals surface area (Å²) in [4.78, 5) is 14.5. The van der Waals surface area contributed by atoms with Crippen LogP contribution in [0.15, 0.2) is 23.8 Å². The summed E-state index contributed by atoms with van der Waals surface area (Å²) in [6, 6.07) is 0.481. The fourth-order valence-corrected chi connectivity index (χ4v) is 6.69. The number of carbonyl (C=O) groups excluding carboxylic acids is 1. The number of amides is 1. The Morgan fingerprint density at radius 1 is 1.24 bits per heavy atom. The highest BCUT2D eigenvalue weighted by Crippen LogP contribution is 2.48. The Balaban J connectivity index is 1.77. The number of nitrogens with zero attached hydrogens (tertiary/aromatic N) is 1. The number of rotatable bonds is 14. The van der Waals surface area contributed by atoms with E-state index < -0.39 is 6.10 Å². The number of thioether (sulfide) groups is 1. The van der Waals surface area contributed by atoms with Crippen molar-refractivity contribution in [1.29, 1.82) is 0 Å². The van der Waals surface area contributed by atoms with Crippen LogP contribution in [0.1, 0.15) is 86.5 Å². The predicted molar refractivity (Wildman–Crippen MR) is 141 cm³/mol. The predicted octanol–water partition coefficient (Wildman–Crippen LogP) is 5.83. The maximum absolute atomic E-state index is 12.5. The molecule has 33 heavy (non-hydrogen) atoms. The quantitative estimate of drug-likeness (QED) is 0.243. The van der Waals surface area contributed by atoms with Crippen molar-refractivity contribution < 1.29 is 15.0 Å². The standard InChI is InChI=1S/C28H49NO3S/c1-7-8-9-21(6)14-24(30)10-11-25-26-16-22(15-23(26)17-27(25)31)12-13-33-18-28(32)29(19(2)3)20(4)5/h10-11,15,19-21,23-27,30-31H,7-9,12-14,16-18H2,1-6H3/b11-10+/t21-,23-,24+,25+,26-,27+/m0/s1.